The summed E-state index contributed by atoms with van der Waals surface area (Å²) in [5.74, 6) is 0. The average molecular weight is 288 g/mol. The summed E-state index contributed by atoms with van der Waals surface area (Å²) in [5, 5.41) is 27.6. The van der Waals surface area contributed by atoms with Crippen LogP contribution in [0.2, 0.25) is 0 Å². The minimum absolute atomic E-state index is 0.296. The van der Waals surface area contributed by atoms with Crippen LogP contribution in [0.4, 0.5) is 0 Å². The van der Waals surface area contributed by atoms with Crippen molar-refractivity contribution in [1.82, 2.24) is 9.55 Å². The summed E-state index contributed by atoms with van der Waals surface area (Å²) in [7, 11) is 0. The molecule has 1 aliphatic rings. The van der Waals surface area contributed by atoms with Gasteiger partial charge in [-0.15, -0.1) is 11.8 Å². The van der Waals surface area contributed by atoms with E-state index in [1.807, 2.05) is 0 Å². The Kier molecular flexibility index (Phi) is 3.86. The third-order valence-corrected chi connectivity index (χ3v) is 5.00. The van der Waals surface area contributed by atoms with Gasteiger partial charge in [-0.25, -0.2) is 4.79 Å². The molecule has 1 aromatic rings. The highest BCUT2D eigenvalue weighted by Crippen LogP contribution is 2.41. The number of aliphatic hydroxyl groups is 3. The Bertz CT molecular complexity index is 596. The molecule has 0 radical (unpaired) electrons. The Morgan fingerprint density at radius 3 is 2.42 bits per heavy atom. The van der Waals surface area contributed by atoms with E-state index in [1.54, 1.807) is 13.8 Å². The molecule has 0 unspecified atom stereocenters. The molecule has 106 valence electrons. The van der Waals surface area contributed by atoms with Crippen molar-refractivity contribution in [3.05, 3.63) is 32.1 Å². The van der Waals surface area contributed by atoms with Crippen LogP contribution in [0.25, 0.3) is 0 Å². The van der Waals surface area contributed by atoms with E-state index in [0.717, 1.165) is 11.8 Å². The lowest BCUT2D eigenvalue weighted by Crippen LogP contribution is -2.39. The van der Waals surface area contributed by atoms with Gasteiger partial charge in [-0.1, -0.05) is 0 Å². The first-order valence-electron chi connectivity index (χ1n) is 5.83. The third kappa shape index (κ3) is 2.25. The SMILES string of the molecule is Cc1c(C)n([C@@H]2S[C@@H](CO)[C@@H](O)[C@H]2O)c(=O)[nH]c1=O. The van der Waals surface area contributed by atoms with E-state index in [0.29, 0.717) is 11.3 Å². The molecule has 1 fully saturated rings. The van der Waals surface area contributed by atoms with Gasteiger partial charge in [0.2, 0.25) is 0 Å². The molecule has 4 N–H and O–H groups in total. The van der Waals surface area contributed by atoms with Crippen molar-refractivity contribution in [3.8, 4) is 0 Å². The molecule has 1 saturated heterocycles. The van der Waals surface area contributed by atoms with Crippen LogP contribution >= 0.6 is 11.8 Å². The number of aromatic amines is 1. The summed E-state index contributed by atoms with van der Waals surface area (Å²) >= 11 is 1.11. The molecular formula is C11H16N2O5S. The fourth-order valence-corrected chi connectivity index (χ4v) is 3.61. The van der Waals surface area contributed by atoms with Crippen molar-refractivity contribution in [3.63, 3.8) is 0 Å². The summed E-state index contributed by atoms with van der Waals surface area (Å²) in [6.45, 7) is 2.89. The molecule has 0 spiro atoms. The summed E-state index contributed by atoms with van der Waals surface area (Å²) in [6, 6.07) is 0. The van der Waals surface area contributed by atoms with Crippen LogP contribution in [-0.4, -0.2) is 48.9 Å². The Balaban J connectivity index is 2.52. The first-order valence-corrected chi connectivity index (χ1v) is 6.77. The number of nitrogens with zero attached hydrogens (tertiary/aromatic N) is 1. The maximum Gasteiger partial charge on any atom is 0.329 e. The molecule has 2 heterocycles. The van der Waals surface area contributed by atoms with E-state index < -0.39 is 34.1 Å². The molecule has 0 aliphatic carbocycles. The molecule has 0 aromatic carbocycles. The van der Waals surface area contributed by atoms with Gasteiger partial charge < -0.3 is 15.3 Å². The zero-order valence-corrected chi connectivity index (χ0v) is 11.3. The largest absolute Gasteiger partial charge is 0.395 e. The van der Waals surface area contributed by atoms with Crippen LogP contribution in [0.15, 0.2) is 9.59 Å². The monoisotopic (exact) mass is 288 g/mol. The second-order valence-corrected chi connectivity index (χ2v) is 5.93. The zero-order valence-electron chi connectivity index (χ0n) is 10.5. The molecule has 1 aromatic heterocycles. The highest BCUT2D eigenvalue weighted by molar-refractivity contribution is 8.00. The normalized spacial score (nSPS) is 30.8. The van der Waals surface area contributed by atoms with Gasteiger partial charge in [-0.2, -0.15) is 0 Å². The second kappa shape index (κ2) is 5.12. The van der Waals surface area contributed by atoms with Gasteiger partial charge in [-0.3, -0.25) is 14.3 Å². The molecule has 4 atom stereocenters. The van der Waals surface area contributed by atoms with Gasteiger partial charge in [0.1, 0.15) is 11.5 Å². The molecule has 0 saturated carbocycles. The Morgan fingerprint density at radius 2 is 1.89 bits per heavy atom. The van der Waals surface area contributed by atoms with Gasteiger partial charge in [0.05, 0.1) is 18.0 Å². The van der Waals surface area contributed by atoms with Crippen molar-refractivity contribution in [2.45, 2.75) is 36.7 Å². The van der Waals surface area contributed by atoms with Crippen LogP contribution in [0.5, 0.6) is 0 Å². The van der Waals surface area contributed by atoms with Gasteiger partial charge in [0.15, 0.2) is 0 Å². The summed E-state index contributed by atoms with van der Waals surface area (Å²) in [5.41, 5.74) is -0.267. The van der Waals surface area contributed by atoms with Crippen LogP contribution in [-0.2, 0) is 0 Å². The van der Waals surface area contributed by atoms with Crippen molar-refractivity contribution < 1.29 is 15.3 Å². The lowest BCUT2D eigenvalue weighted by Gasteiger charge is -2.20. The molecule has 1 aliphatic heterocycles. The molecule has 2 rings (SSSR count). The smallest absolute Gasteiger partial charge is 0.329 e. The van der Waals surface area contributed by atoms with Crippen molar-refractivity contribution in [2.24, 2.45) is 0 Å². The average Bonchev–Trinajstić information content (AvgIpc) is 2.64. The van der Waals surface area contributed by atoms with E-state index in [1.165, 1.54) is 4.57 Å². The van der Waals surface area contributed by atoms with Crippen molar-refractivity contribution in [1.29, 1.82) is 0 Å². The highest BCUT2D eigenvalue weighted by Gasteiger charge is 2.43. The summed E-state index contributed by atoms with van der Waals surface area (Å²) in [4.78, 5) is 25.5. The molecule has 0 amide bonds. The van der Waals surface area contributed by atoms with Gasteiger partial charge in [-0.05, 0) is 13.8 Å². The number of aliphatic hydroxyl groups excluding tert-OH is 3. The minimum atomic E-state index is -1.18. The Morgan fingerprint density at radius 1 is 1.26 bits per heavy atom. The van der Waals surface area contributed by atoms with Crippen LogP contribution in [0.3, 0.4) is 0 Å². The van der Waals surface area contributed by atoms with E-state index in [-0.39, 0.29) is 6.61 Å². The van der Waals surface area contributed by atoms with E-state index >= 15 is 0 Å². The number of nitrogens with one attached hydrogen (secondary N) is 1. The highest BCUT2D eigenvalue weighted by atomic mass is 32.2. The van der Waals surface area contributed by atoms with Gasteiger partial charge in [0, 0.05) is 11.3 Å². The molecule has 0 bridgehead atoms. The van der Waals surface area contributed by atoms with Crippen LogP contribution in [0.1, 0.15) is 16.6 Å². The third-order valence-electron chi connectivity index (χ3n) is 3.46. The maximum absolute atomic E-state index is 11.9. The topological polar surface area (TPSA) is 116 Å². The van der Waals surface area contributed by atoms with E-state index in [9.17, 15) is 19.8 Å². The molecule has 19 heavy (non-hydrogen) atoms. The number of H-pyrrole nitrogens is 1. The Hall–Kier alpha value is -1.09. The van der Waals surface area contributed by atoms with E-state index in [2.05, 4.69) is 4.98 Å². The number of rotatable bonds is 2. The zero-order chi connectivity index (χ0) is 14.3. The van der Waals surface area contributed by atoms with Gasteiger partial charge in [0.25, 0.3) is 5.56 Å². The lowest BCUT2D eigenvalue weighted by molar-refractivity contribution is 0.00981. The molecule has 8 heteroatoms. The lowest BCUT2D eigenvalue weighted by atomic mass is 10.1. The number of hydrogen-bond acceptors (Lipinski definition) is 6. The predicted molar refractivity (Wildman–Crippen MR) is 70.3 cm³/mol. The van der Waals surface area contributed by atoms with Crippen molar-refractivity contribution >= 4 is 11.8 Å². The summed E-state index contributed by atoms with van der Waals surface area (Å²) < 4.78 is 1.25. The maximum atomic E-state index is 11.9. The predicted octanol–water partition coefficient (Wildman–Crippen LogP) is -1.52. The fraction of sp³-hybridized carbons (Fsp3) is 0.636. The van der Waals surface area contributed by atoms with Crippen LogP contribution < -0.4 is 11.2 Å². The Labute approximate surface area is 112 Å². The number of hydrogen-bond donors (Lipinski definition) is 4. The molecule has 7 nitrogen and oxygen atoms in total. The summed E-state index contributed by atoms with van der Waals surface area (Å²) in [6.07, 6.45) is -2.29. The quantitative estimate of drug-likeness (QED) is 0.525. The first-order chi connectivity index (χ1) is 8.88. The first kappa shape index (κ1) is 14.3. The fourth-order valence-electron chi connectivity index (χ4n) is 2.15. The number of aromatic nitrogens is 2. The van der Waals surface area contributed by atoms with Crippen LogP contribution in [0, 0.1) is 13.8 Å². The number of thioether (sulfide) groups is 1. The van der Waals surface area contributed by atoms with Crippen molar-refractivity contribution in [2.75, 3.05) is 6.61 Å². The second-order valence-electron chi connectivity index (χ2n) is 4.57. The minimum Gasteiger partial charge on any atom is -0.395 e. The standard InChI is InChI=1S/C11H16N2O5S/c1-4-5(2)13(11(18)12-9(4)17)10-8(16)7(15)6(3-14)19-10/h6-8,10,14-16H,3H2,1-2H3,(H,12,17,18)/t6-,7+,8+,10+/m0/s1. The molecular weight excluding hydrogens is 272 g/mol. The van der Waals surface area contributed by atoms with Gasteiger partial charge >= 0.3 is 5.69 Å². The van der Waals surface area contributed by atoms with E-state index in [4.69, 9.17) is 5.11 Å².